The monoisotopic (exact) mass is 322 g/mol. The van der Waals surface area contributed by atoms with Crippen molar-refractivity contribution >= 4 is 11.9 Å². The average molecular weight is 322 g/mol. The molecule has 2 heterocycles. The Morgan fingerprint density at radius 3 is 2.78 bits per heavy atom. The van der Waals surface area contributed by atoms with Crippen molar-refractivity contribution in [2.45, 2.75) is 38.8 Å². The maximum Gasteiger partial charge on any atom is 0.309 e. The first-order valence-electron chi connectivity index (χ1n) is 8.11. The number of nitrogens with zero attached hydrogens (tertiary/aromatic N) is 3. The predicted molar refractivity (Wildman–Crippen MR) is 85.6 cm³/mol. The Kier molecular flexibility index (Phi) is 6.58. The summed E-state index contributed by atoms with van der Waals surface area (Å²) in [6.45, 7) is 4.77. The van der Waals surface area contributed by atoms with E-state index in [4.69, 9.17) is 4.74 Å². The number of aryl methyl sites for hydroxylation is 1. The summed E-state index contributed by atoms with van der Waals surface area (Å²) in [5.74, 6) is -0.301. The molecule has 0 unspecified atom stereocenters. The van der Waals surface area contributed by atoms with E-state index in [9.17, 15) is 9.59 Å². The molecule has 1 N–H and O–H groups in total. The van der Waals surface area contributed by atoms with E-state index in [0.29, 0.717) is 6.54 Å². The van der Waals surface area contributed by atoms with Gasteiger partial charge in [-0.2, -0.15) is 0 Å². The molecule has 0 saturated carbocycles. The lowest BCUT2D eigenvalue weighted by Gasteiger charge is -2.25. The Hall–Kier alpha value is -1.89. The van der Waals surface area contributed by atoms with Crippen molar-refractivity contribution in [1.29, 1.82) is 0 Å². The third-order valence-corrected chi connectivity index (χ3v) is 4.21. The standard InChI is InChI=1S/C16H26N4O3/c1-13(21)18-15-5-4-14(16(22)23-2)10-20(11-15)8-3-7-19-9-6-17-12-19/h6,9,12,14-15H,3-5,7-8,10-11H2,1-2H3,(H,18,21)/t14-,15+/m0/s1. The second-order valence-corrected chi connectivity index (χ2v) is 6.11. The fraction of sp³-hybridized carbons (Fsp3) is 0.688. The van der Waals surface area contributed by atoms with Crippen molar-refractivity contribution in [2.75, 3.05) is 26.7 Å². The molecule has 7 nitrogen and oxygen atoms in total. The van der Waals surface area contributed by atoms with Crippen LogP contribution >= 0.6 is 0 Å². The zero-order valence-electron chi connectivity index (χ0n) is 13.9. The van der Waals surface area contributed by atoms with Gasteiger partial charge < -0.3 is 19.5 Å². The molecule has 7 heteroatoms. The zero-order chi connectivity index (χ0) is 16.7. The van der Waals surface area contributed by atoms with Crippen LogP contribution in [0.25, 0.3) is 0 Å². The van der Waals surface area contributed by atoms with Crippen LogP contribution in [0.4, 0.5) is 0 Å². The first-order valence-corrected chi connectivity index (χ1v) is 8.11. The second-order valence-electron chi connectivity index (χ2n) is 6.11. The minimum atomic E-state index is -0.159. The van der Waals surface area contributed by atoms with Crippen molar-refractivity contribution in [1.82, 2.24) is 19.8 Å². The van der Waals surface area contributed by atoms with E-state index in [1.54, 1.807) is 12.5 Å². The fourth-order valence-corrected chi connectivity index (χ4v) is 3.13. The average Bonchev–Trinajstić information content (AvgIpc) is 2.94. The summed E-state index contributed by atoms with van der Waals surface area (Å²) >= 11 is 0. The number of esters is 1. The Balaban J connectivity index is 1.91. The summed E-state index contributed by atoms with van der Waals surface area (Å²) in [6, 6.07) is 0.0930. The van der Waals surface area contributed by atoms with E-state index in [1.807, 2.05) is 10.8 Å². The van der Waals surface area contributed by atoms with Crippen LogP contribution in [0.2, 0.25) is 0 Å². The topological polar surface area (TPSA) is 76.5 Å². The van der Waals surface area contributed by atoms with Gasteiger partial charge in [0, 0.05) is 45.0 Å². The molecule has 1 saturated heterocycles. The Morgan fingerprint density at radius 1 is 1.30 bits per heavy atom. The van der Waals surface area contributed by atoms with E-state index in [-0.39, 0.29) is 23.8 Å². The molecule has 0 aromatic carbocycles. The number of carbonyl (C=O) groups is 2. The highest BCUT2D eigenvalue weighted by molar-refractivity contribution is 5.73. The molecule has 23 heavy (non-hydrogen) atoms. The molecule has 2 rings (SSSR count). The van der Waals surface area contributed by atoms with Gasteiger partial charge in [0.15, 0.2) is 0 Å². The smallest absolute Gasteiger partial charge is 0.309 e. The first kappa shape index (κ1) is 17.5. The van der Waals surface area contributed by atoms with E-state index < -0.39 is 0 Å². The number of amides is 1. The predicted octanol–water partition coefficient (Wildman–Crippen LogP) is 0.663. The molecule has 128 valence electrons. The number of hydrogen-bond acceptors (Lipinski definition) is 5. The molecule has 0 aliphatic carbocycles. The molecule has 0 spiro atoms. The van der Waals surface area contributed by atoms with E-state index in [2.05, 4.69) is 15.2 Å². The molecule has 0 radical (unpaired) electrons. The third-order valence-electron chi connectivity index (χ3n) is 4.21. The van der Waals surface area contributed by atoms with Crippen LogP contribution in [-0.4, -0.2) is 59.1 Å². The minimum Gasteiger partial charge on any atom is -0.469 e. The molecular formula is C16H26N4O3. The molecule has 1 fully saturated rings. The van der Waals surface area contributed by atoms with E-state index in [1.165, 1.54) is 14.0 Å². The van der Waals surface area contributed by atoms with Gasteiger partial charge >= 0.3 is 5.97 Å². The second kappa shape index (κ2) is 8.67. The number of hydrogen-bond donors (Lipinski definition) is 1. The van der Waals surface area contributed by atoms with E-state index >= 15 is 0 Å². The highest BCUT2D eigenvalue weighted by Crippen LogP contribution is 2.18. The van der Waals surface area contributed by atoms with Crippen LogP contribution in [0, 0.1) is 5.92 Å². The van der Waals surface area contributed by atoms with Gasteiger partial charge in [-0.1, -0.05) is 0 Å². The molecule has 1 aromatic heterocycles. The normalized spacial score (nSPS) is 22.3. The summed E-state index contributed by atoms with van der Waals surface area (Å²) in [5.41, 5.74) is 0. The Morgan fingerprint density at radius 2 is 2.13 bits per heavy atom. The highest BCUT2D eigenvalue weighted by Gasteiger charge is 2.29. The van der Waals surface area contributed by atoms with E-state index in [0.717, 1.165) is 38.9 Å². The Labute approximate surface area is 137 Å². The number of aromatic nitrogens is 2. The maximum atomic E-state index is 11.9. The molecule has 2 atom stereocenters. The lowest BCUT2D eigenvalue weighted by Crippen LogP contribution is -2.42. The van der Waals surface area contributed by atoms with Crippen molar-refractivity contribution < 1.29 is 14.3 Å². The van der Waals surface area contributed by atoms with Crippen LogP contribution in [0.1, 0.15) is 26.2 Å². The summed E-state index contributed by atoms with van der Waals surface area (Å²) in [4.78, 5) is 29.5. The molecule has 1 amide bonds. The largest absolute Gasteiger partial charge is 0.469 e. The highest BCUT2D eigenvalue weighted by atomic mass is 16.5. The van der Waals surface area contributed by atoms with Gasteiger partial charge in [-0.3, -0.25) is 9.59 Å². The molecule has 1 aromatic rings. The van der Waals surface area contributed by atoms with Gasteiger partial charge in [0.05, 0.1) is 19.4 Å². The summed E-state index contributed by atoms with van der Waals surface area (Å²) in [7, 11) is 1.43. The lowest BCUT2D eigenvalue weighted by atomic mass is 10.0. The van der Waals surface area contributed by atoms with Crippen LogP contribution in [0.15, 0.2) is 18.7 Å². The quantitative estimate of drug-likeness (QED) is 0.779. The molecule has 0 bridgehead atoms. The van der Waals surface area contributed by atoms with Gasteiger partial charge in [0.1, 0.15) is 0 Å². The molecule has 1 aliphatic rings. The Bertz CT molecular complexity index is 503. The zero-order valence-corrected chi connectivity index (χ0v) is 13.9. The van der Waals surface area contributed by atoms with Crippen molar-refractivity contribution in [2.24, 2.45) is 5.92 Å². The van der Waals surface area contributed by atoms with Crippen molar-refractivity contribution in [3.05, 3.63) is 18.7 Å². The first-order chi connectivity index (χ1) is 11.1. The van der Waals surface area contributed by atoms with Crippen LogP contribution in [0.3, 0.4) is 0 Å². The maximum absolute atomic E-state index is 11.9. The van der Waals surface area contributed by atoms with Gasteiger partial charge in [-0.25, -0.2) is 4.98 Å². The minimum absolute atomic E-state index is 0.0233. The van der Waals surface area contributed by atoms with Crippen LogP contribution in [-0.2, 0) is 20.9 Å². The lowest BCUT2D eigenvalue weighted by molar-refractivity contribution is -0.146. The summed E-state index contributed by atoms with van der Waals surface area (Å²) in [6.07, 6.45) is 8.04. The fourth-order valence-electron chi connectivity index (χ4n) is 3.13. The number of ether oxygens (including phenoxy) is 1. The number of imidazole rings is 1. The third kappa shape index (κ3) is 5.67. The van der Waals surface area contributed by atoms with Gasteiger partial charge in [0.25, 0.3) is 0 Å². The number of likely N-dealkylation sites (tertiary alicyclic amines) is 1. The van der Waals surface area contributed by atoms with Gasteiger partial charge in [-0.05, 0) is 25.8 Å². The van der Waals surface area contributed by atoms with Crippen LogP contribution < -0.4 is 5.32 Å². The number of rotatable bonds is 6. The number of methoxy groups -OCH3 is 1. The molecule has 1 aliphatic heterocycles. The summed E-state index contributed by atoms with van der Waals surface area (Å²) in [5, 5.41) is 2.99. The van der Waals surface area contributed by atoms with Crippen LogP contribution in [0.5, 0.6) is 0 Å². The number of carbonyl (C=O) groups excluding carboxylic acids is 2. The number of nitrogens with one attached hydrogen (secondary N) is 1. The van der Waals surface area contributed by atoms with Gasteiger partial charge in [0.2, 0.25) is 5.91 Å². The summed E-state index contributed by atoms with van der Waals surface area (Å²) < 4.78 is 6.95. The van der Waals surface area contributed by atoms with Gasteiger partial charge in [-0.15, -0.1) is 0 Å². The SMILES string of the molecule is COC(=O)[C@H]1CC[C@@H](NC(C)=O)CN(CCCn2ccnc2)C1. The van der Waals surface area contributed by atoms with Crippen molar-refractivity contribution in [3.8, 4) is 0 Å². The molecular weight excluding hydrogens is 296 g/mol. The van der Waals surface area contributed by atoms with Crippen molar-refractivity contribution in [3.63, 3.8) is 0 Å².